The van der Waals surface area contributed by atoms with Crippen molar-refractivity contribution in [1.29, 1.82) is 0 Å². The van der Waals surface area contributed by atoms with Gasteiger partial charge in [-0.15, -0.1) is 0 Å². The Labute approximate surface area is 142 Å². The number of ether oxygens (including phenoxy) is 3. The van der Waals surface area contributed by atoms with Crippen LogP contribution in [0.3, 0.4) is 0 Å². The Balaban J connectivity index is 3.26. The summed E-state index contributed by atoms with van der Waals surface area (Å²) in [4.78, 5) is 22.9. The van der Waals surface area contributed by atoms with Crippen molar-refractivity contribution in [2.24, 2.45) is 0 Å². The molecule has 0 bridgehead atoms. The van der Waals surface area contributed by atoms with E-state index in [9.17, 15) is 22.8 Å². The second kappa shape index (κ2) is 8.41. The van der Waals surface area contributed by atoms with E-state index in [2.05, 4.69) is 14.8 Å². The zero-order valence-electron chi connectivity index (χ0n) is 14.1. The van der Waals surface area contributed by atoms with Crippen molar-refractivity contribution in [2.75, 3.05) is 19.5 Å². The van der Waals surface area contributed by atoms with Crippen molar-refractivity contribution >= 4 is 17.6 Å². The molecule has 6 nitrogen and oxygen atoms in total. The molecule has 0 aliphatic carbocycles. The SMILES string of the molecule is COC(=O)/C=C(/Nc1ccc(OC(C)C)c(C(F)(F)F)c1)C(=O)OC. The second-order valence-electron chi connectivity index (χ2n) is 5.07. The van der Waals surface area contributed by atoms with Gasteiger partial charge in [-0.05, 0) is 32.0 Å². The minimum Gasteiger partial charge on any atom is -0.490 e. The molecule has 0 heterocycles. The fourth-order valence-corrected chi connectivity index (χ4v) is 1.77. The predicted molar refractivity (Wildman–Crippen MR) is 82.9 cm³/mol. The lowest BCUT2D eigenvalue weighted by Crippen LogP contribution is -2.17. The van der Waals surface area contributed by atoms with Crippen molar-refractivity contribution in [3.05, 3.63) is 35.5 Å². The standard InChI is InChI=1S/C16H18F3NO5/c1-9(2)25-13-6-5-10(7-11(13)16(17,18)19)20-12(15(22)24-4)8-14(21)23-3/h5-9,20H,1-4H3/b12-8+. The van der Waals surface area contributed by atoms with Crippen LogP contribution in [-0.2, 0) is 25.2 Å². The van der Waals surface area contributed by atoms with Gasteiger partial charge in [-0.1, -0.05) is 0 Å². The zero-order chi connectivity index (χ0) is 19.2. The van der Waals surface area contributed by atoms with E-state index < -0.39 is 29.8 Å². The molecule has 1 N–H and O–H groups in total. The maximum absolute atomic E-state index is 13.2. The molecule has 0 atom stereocenters. The Kier molecular flexibility index (Phi) is 6.84. The molecule has 0 saturated heterocycles. The van der Waals surface area contributed by atoms with Crippen LogP contribution in [0.15, 0.2) is 30.0 Å². The van der Waals surface area contributed by atoms with Gasteiger partial charge in [-0.2, -0.15) is 13.2 Å². The number of methoxy groups -OCH3 is 2. The highest BCUT2D eigenvalue weighted by atomic mass is 19.4. The third-order valence-electron chi connectivity index (χ3n) is 2.80. The Morgan fingerprint density at radius 1 is 1.16 bits per heavy atom. The first-order valence-electron chi connectivity index (χ1n) is 7.11. The number of carbonyl (C=O) groups is 2. The summed E-state index contributed by atoms with van der Waals surface area (Å²) in [6.45, 7) is 3.20. The van der Waals surface area contributed by atoms with Gasteiger partial charge in [0.05, 0.1) is 32.0 Å². The number of alkyl halides is 3. The molecule has 9 heteroatoms. The maximum atomic E-state index is 13.2. The van der Waals surface area contributed by atoms with Crippen LogP contribution in [0.1, 0.15) is 19.4 Å². The topological polar surface area (TPSA) is 73.9 Å². The average Bonchev–Trinajstić information content (AvgIpc) is 2.53. The first-order valence-corrected chi connectivity index (χ1v) is 7.11. The van der Waals surface area contributed by atoms with E-state index in [0.717, 1.165) is 32.4 Å². The molecule has 0 amide bonds. The van der Waals surface area contributed by atoms with Crippen LogP contribution in [0, 0.1) is 0 Å². The van der Waals surface area contributed by atoms with Crippen LogP contribution < -0.4 is 10.1 Å². The molecule has 0 unspecified atom stereocenters. The van der Waals surface area contributed by atoms with E-state index in [4.69, 9.17) is 4.74 Å². The van der Waals surface area contributed by atoms with Crippen molar-refractivity contribution in [2.45, 2.75) is 26.1 Å². The van der Waals surface area contributed by atoms with E-state index in [0.29, 0.717) is 0 Å². The smallest absolute Gasteiger partial charge is 0.420 e. The maximum Gasteiger partial charge on any atom is 0.420 e. The molecule has 0 fully saturated rings. The van der Waals surface area contributed by atoms with E-state index in [1.165, 1.54) is 6.07 Å². The normalized spacial score (nSPS) is 11.9. The van der Waals surface area contributed by atoms with Gasteiger partial charge < -0.3 is 19.5 Å². The number of hydrogen-bond acceptors (Lipinski definition) is 6. The van der Waals surface area contributed by atoms with Crippen molar-refractivity contribution in [3.8, 4) is 5.75 Å². The number of halogens is 3. The van der Waals surface area contributed by atoms with E-state index in [1.807, 2.05) is 0 Å². The van der Waals surface area contributed by atoms with Gasteiger partial charge in [0.25, 0.3) is 0 Å². The Hall–Kier alpha value is -2.71. The number of benzene rings is 1. The first-order chi connectivity index (χ1) is 11.6. The molecule has 1 aromatic rings. The number of nitrogens with one attached hydrogen (secondary N) is 1. The molecule has 138 valence electrons. The summed E-state index contributed by atoms with van der Waals surface area (Å²) in [5.41, 5.74) is -1.47. The molecule has 0 aliphatic heterocycles. The minimum absolute atomic E-state index is 0.0796. The lowest BCUT2D eigenvalue weighted by Gasteiger charge is -2.18. The molecular weight excluding hydrogens is 343 g/mol. The monoisotopic (exact) mass is 361 g/mol. The molecule has 25 heavy (non-hydrogen) atoms. The number of carbonyl (C=O) groups excluding carboxylic acids is 2. The van der Waals surface area contributed by atoms with E-state index in [-0.39, 0.29) is 17.1 Å². The third kappa shape index (κ3) is 6.02. The van der Waals surface area contributed by atoms with Gasteiger partial charge >= 0.3 is 18.1 Å². The Morgan fingerprint density at radius 2 is 1.80 bits per heavy atom. The summed E-state index contributed by atoms with van der Waals surface area (Å²) in [5, 5.41) is 2.42. The lowest BCUT2D eigenvalue weighted by atomic mass is 10.1. The van der Waals surface area contributed by atoms with Crippen molar-refractivity contribution < 1.29 is 37.0 Å². The van der Waals surface area contributed by atoms with Gasteiger partial charge in [0.15, 0.2) is 0 Å². The molecule has 0 saturated carbocycles. The fraction of sp³-hybridized carbons (Fsp3) is 0.375. The molecular formula is C16H18F3NO5. The minimum atomic E-state index is -4.67. The summed E-state index contributed by atoms with van der Waals surface area (Å²) in [5.74, 6) is -2.16. The summed E-state index contributed by atoms with van der Waals surface area (Å²) < 4.78 is 53.7. The van der Waals surface area contributed by atoms with Crippen LogP contribution in [0.5, 0.6) is 5.75 Å². The first kappa shape index (κ1) is 20.3. The van der Waals surface area contributed by atoms with Crippen LogP contribution >= 0.6 is 0 Å². The third-order valence-corrected chi connectivity index (χ3v) is 2.80. The summed E-state index contributed by atoms with van der Waals surface area (Å²) in [6.07, 6.45) is -4.35. The van der Waals surface area contributed by atoms with Crippen LogP contribution in [0.25, 0.3) is 0 Å². The number of esters is 2. The Morgan fingerprint density at radius 3 is 2.28 bits per heavy atom. The largest absolute Gasteiger partial charge is 0.490 e. The second-order valence-corrected chi connectivity index (χ2v) is 5.07. The van der Waals surface area contributed by atoms with Crippen LogP contribution in [-0.4, -0.2) is 32.3 Å². The number of rotatable bonds is 6. The van der Waals surface area contributed by atoms with Gasteiger partial charge in [0.2, 0.25) is 0 Å². The molecule has 0 radical (unpaired) electrons. The quantitative estimate of drug-likeness (QED) is 0.620. The highest BCUT2D eigenvalue weighted by molar-refractivity contribution is 5.98. The predicted octanol–water partition coefficient (Wildman–Crippen LogP) is 3.13. The number of hydrogen-bond donors (Lipinski definition) is 1. The van der Waals surface area contributed by atoms with E-state index in [1.54, 1.807) is 13.8 Å². The fourth-order valence-electron chi connectivity index (χ4n) is 1.77. The molecule has 0 aliphatic rings. The van der Waals surface area contributed by atoms with Crippen LogP contribution in [0.2, 0.25) is 0 Å². The van der Waals surface area contributed by atoms with E-state index >= 15 is 0 Å². The zero-order valence-corrected chi connectivity index (χ0v) is 14.1. The average molecular weight is 361 g/mol. The number of anilines is 1. The lowest BCUT2D eigenvalue weighted by molar-refractivity contribution is -0.139. The highest BCUT2D eigenvalue weighted by Gasteiger charge is 2.35. The molecule has 0 aromatic heterocycles. The molecule has 1 rings (SSSR count). The highest BCUT2D eigenvalue weighted by Crippen LogP contribution is 2.38. The Bertz CT molecular complexity index is 668. The van der Waals surface area contributed by atoms with Gasteiger partial charge in [0, 0.05) is 5.69 Å². The van der Waals surface area contributed by atoms with Gasteiger partial charge in [-0.25, -0.2) is 9.59 Å². The van der Waals surface area contributed by atoms with Crippen molar-refractivity contribution in [3.63, 3.8) is 0 Å². The van der Waals surface area contributed by atoms with Gasteiger partial charge in [-0.3, -0.25) is 0 Å². The molecule has 1 aromatic carbocycles. The summed E-state index contributed by atoms with van der Waals surface area (Å²) in [6, 6.07) is 3.17. The molecule has 0 spiro atoms. The summed E-state index contributed by atoms with van der Waals surface area (Å²) >= 11 is 0. The summed E-state index contributed by atoms with van der Waals surface area (Å²) in [7, 11) is 2.16. The van der Waals surface area contributed by atoms with Crippen LogP contribution in [0.4, 0.5) is 18.9 Å². The van der Waals surface area contributed by atoms with Crippen molar-refractivity contribution in [1.82, 2.24) is 0 Å². The van der Waals surface area contributed by atoms with Gasteiger partial charge in [0.1, 0.15) is 11.4 Å².